The predicted octanol–water partition coefficient (Wildman–Crippen LogP) is 2.32. The second-order valence-electron chi connectivity index (χ2n) is 4.26. The van der Waals surface area contributed by atoms with Gasteiger partial charge in [0.15, 0.2) is 0 Å². The van der Waals surface area contributed by atoms with E-state index < -0.39 is 0 Å². The number of hydrogen-bond donors (Lipinski definition) is 2. The number of benzene rings is 1. The number of rotatable bonds is 6. The third-order valence-corrected chi connectivity index (χ3v) is 2.68. The fourth-order valence-corrected chi connectivity index (χ4v) is 1.72. The first kappa shape index (κ1) is 14.2. The van der Waals surface area contributed by atoms with Crippen LogP contribution in [0.15, 0.2) is 30.3 Å². The van der Waals surface area contributed by atoms with Crippen LogP contribution in [0.4, 0.5) is 5.69 Å². The van der Waals surface area contributed by atoms with Crippen LogP contribution in [-0.4, -0.2) is 17.9 Å². The van der Waals surface area contributed by atoms with E-state index >= 15 is 0 Å². The zero-order chi connectivity index (χ0) is 13.4. The number of carbonyl (C=O) groups is 2. The van der Waals surface area contributed by atoms with Crippen LogP contribution in [0.5, 0.6) is 0 Å². The minimum atomic E-state index is -0.0506. The van der Waals surface area contributed by atoms with Crippen molar-refractivity contribution in [3.8, 4) is 0 Å². The molecule has 4 nitrogen and oxygen atoms in total. The summed E-state index contributed by atoms with van der Waals surface area (Å²) in [4.78, 5) is 22.6. The van der Waals surface area contributed by atoms with Gasteiger partial charge in [0.2, 0.25) is 11.8 Å². The van der Waals surface area contributed by atoms with Gasteiger partial charge in [-0.2, -0.15) is 0 Å². The lowest BCUT2D eigenvalue weighted by molar-refractivity contribution is -0.120. The molecular weight excluding hydrogens is 228 g/mol. The summed E-state index contributed by atoms with van der Waals surface area (Å²) in [6.45, 7) is 3.49. The zero-order valence-electron chi connectivity index (χ0n) is 10.9. The van der Waals surface area contributed by atoms with E-state index in [4.69, 9.17) is 0 Å². The van der Waals surface area contributed by atoms with Gasteiger partial charge in [-0.3, -0.25) is 9.59 Å². The minimum Gasteiger partial charge on any atom is -0.354 e. The summed E-state index contributed by atoms with van der Waals surface area (Å²) in [5, 5.41) is 5.65. The van der Waals surface area contributed by atoms with E-state index in [-0.39, 0.29) is 17.9 Å². The summed E-state index contributed by atoms with van der Waals surface area (Å²) in [5.41, 5.74) is 0.801. The van der Waals surface area contributed by atoms with Crippen LogP contribution in [0.2, 0.25) is 0 Å². The van der Waals surface area contributed by atoms with Gasteiger partial charge in [-0.15, -0.1) is 0 Å². The Bertz CT molecular complexity index is 390. The van der Waals surface area contributed by atoms with E-state index in [0.717, 1.165) is 12.1 Å². The molecule has 0 aliphatic heterocycles. The molecule has 0 bridgehead atoms. The van der Waals surface area contributed by atoms with Crippen LogP contribution < -0.4 is 10.6 Å². The van der Waals surface area contributed by atoms with Crippen molar-refractivity contribution < 1.29 is 9.59 Å². The third-order valence-electron chi connectivity index (χ3n) is 2.68. The molecule has 0 unspecified atom stereocenters. The molecule has 1 atom stereocenters. The second kappa shape index (κ2) is 7.48. The Kier molecular flexibility index (Phi) is 5.91. The number of nitrogens with one attached hydrogen (secondary N) is 2. The second-order valence-corrected chi connectivity index (χ2v) is 4.26. The van der Waals surface area contributed by atoms with E-state index in [1.807, 2.05) is 37.3 Å². The van der Waals surface area contributed by atoms with E-state index in [1.165, 1.54) is 6.92 Å². The molecule has 1 aromatic rings. The Morgan fingerprint density at radius 1 is 1.22 bits per heavy atom. The summed E-state index contributed by atoms with van der Waals surface area (Å²) in [6, 6.07) is 9.43. The average Bonchev–Trinajstić information content (AvgIpc) is 2.35. The number of para-hydroxylation sites is 1. The molecule has 0 spiro atoms. The highest BCUT2D eigenvalue weighted by Gasteiger charge is 2.10. The van der Waals surface area contributed by atoms with Gasteiger partial charge in [-0.25, -0.2) is 0 Å². The Morgan fingerprint density at radius 2 is 1.89 bits per heavy atom. The molecule has 18 heavy (non-hydrogen) atoms. The fraction of sp³-hybridized carbons (Fsp3) is 0.429. The van der Waals surface area contributed by atoms with Crippen LogP contribution in [0.1, 0.15) is 33.1 Å². The normalized spacial score (nSPS) is 11.7. The van der Waals surface area contributed by atoms with Gasteiger partial charge in [0, 0.05) is 25.1 Å². The van der Waals surface area contributed by atoms with E-state index in [9.17, 15) is 9.59 Å². The smallest absolute Gasteiger partial charge is 0.224 e. The van der Waals surface area contributed by atoms with Gasteiger partial charge in [-0.05, 0) is 25.0 Å². The first-order valence-corrected chi connectivity index (χ1v) is 6.23. The third kappa shape index (κ3) is 5.48. The number of carbonyl (C=O) groups excluding carboxylic acids is 2. The van der Waals surface area contributed by atoms with Crippen molar-refractivity contribution in [2.75, 3.05) is 5.32 Å². The standard InChI is InChI=1S/C14H20N2O2/c1-3-12(15-11(2)17)9-10-14(18)16-13-7-5-4-6-8-13/h4-8,12H,3,9-10H2,1-2H3,(H,15,17)(H,16,18)/t12-/m1/s1. The molecule has 0 aliphatic carbocycles. The quantitative estimate of drug-likeness (QED) is 0.811. The van der Waals surface area contributed by atoms with Crippen LogP contribution in [0.25, 0.3) is 0 Å². The largest absolute Gasteiger partial charge is 0.354 e. The predicted molar refractivity (Wildman–Crippen MR) is 72.2 cm³/mol. The number of amides is 2. The van der Waals surface area contributed by atoms with Gasteiger partial charge in [0.05, 0.1) is 0 Å². The summed E-state index contributed by atoms with van der Waals surface area (Å²) < 4.78 is 0. The minimum absolute atomic E-state index is 0.0231. The van der Waals surface area contributed by atoms with Gasteiger partial charge in [0.25, 0.3) is 0 Å². The average molecular weight is 248 g/mol. The first-order chi connectivity index (χ1) is 8.61. The molecular formula is C14H20N2O2. The Balaban J connectivity index is 2.34. The van der Waals surface area contributed by atoms with Crippen molar-refractivity contribution in [3.05, 3.63) is 30.3 Å². The van der Waals surface area contributed by atoms with E-state index in [1.54, 1.807) is 0 Å². The maximum Gasteiger partial charge on any atom is 0.224 e. The molecule has 1 aromatic carbocycles. The Hall–Kier alpha value is -1.84. The maximum atomic E-state index is 11.7. The van der Waals surface area contributed by atoms with Crippen molar-refractivity contribution >= 4 is 17.5 Å². The lowest BCUT2D eigenvalue weighted by Crippen LogP contribution is -2.33. The molecule has 2 N–H and O–H groups in total. The topological polar surface area (TPSA) is 58.2 Å². The van der Waals surface area contributed by atoms with Crippen LogP contribution in [0.3, 0.4) is 0 Å². The molecule has 2 amide bonds. The van der Waals surface area contributed by atoms with E-state index in [2.05, 4.69) is 10.6 Å². The molecule has 0 aromatic heterocycles. The maximum absolute atomic E-state index is 11.7. The summed E-state index contributed by atoms with van der Waals surface area (Å²) in [7, 11) is 0. The van der Waals surface area contributed by atoms with Crippen LogP contribution >= 0.6 is 0 Å². The fourth-order valence-electron chi connectivity index (χ4n) is 1.72. The highest BCUT2D eigenvalue weighted by Crippen LogP contribution is 2.08. The Morgan fingerprint density at radius 3 is 2.44 bits per heavy atom. The van der Waals surface area contributed by atoms with Crippen molar-refractivity contribution in [3.63, 3.8) is 0 Å². The zero-order valence-corrected chi connectivity index (χ0v) is 10.9. The highest BCUT2D eigenvalue weighted by atomic mass is 16.2. The summed E-state index contributed by atoms with van der Waals surface area (Å²) in [5.74, 6) is -0.0738. The first-order valence-electron chi connectivity index (χ1n) is 6.23. The molecule has 0 fully saturated rings. The van der Waals surface area contributed by atoms with Crippen molar-refractivity contribution in [1.29, 1.82) is 0 Å². The highest BCUT2D eigenvalue weighted by molar-refractivity contribution is 5.90. The molecule has 0 saturated carbocycles. The van der Waals surface area contributed by atoms with Gasteiger partial charge >= 0.3 is 0 Å². The molecule has 0 aliphatic rings. The monoisotopic (exact) mass is 248 g/mol. The number of hydrogen-bond acceptors (Lipinski definition) is 2. The molecule has 98 valence electrons. The molecule has 0 saturated heterocycles. The molecule has 4 heteroatoms. The van der Waals surface area contributed by atoms with Gasteiger partial charge in [-0.1, -0.05) is 25.1 Å². The van der Waals surface area contributed by atoms with Crippen LogP contribution in [0, 0.1) is 0 Å². The molecule has 0 radical (unpaired) electrons. The summed E-state index contributed by atoms with van der Waals surface area (Å²) in [6.07, 6.45) is 1.90. The Labute approximate surface area is 108 Å². The van der Waals surface area contributed by atoms with Gasteiger partial charge < -0.3 is 10.6 Å². The number of anilines is 1. The SMILES string of the molecule is CC[C@H](CCC(=O)Nc1ccccc1)NC(C)=O. The van der Waals surface area contributed by atoms with Gasteiger partial charge in [0.1, 0.15) is 0 Å². The van der Waals surface area contributed by atoms with E-state index in [0.29, 0.717) is 12.8 Å². The van der Waals surface area contributed by atoms with Crippen LogP contribution in [-0.2, 0) is 9.59 Å². The summed E-state index contributed by atoms with van der Waals surface area (Å²) >= 11 is 0. The lowest BCUT2D eigenvalue weighted by Gasteiger charge is -2.15. The van der Waals surface area contributed by atoms with Crippen molar-refractivity contribution in [2.24, 2.45) is 0 Å². The van der Waals surface area contributed by atoms with Crippen molar-refractivity contribution in [2.45, 2.75) is 39.2 Å². The van der Waals surface area contributed by atoms with Crippen molar-refractivity contribution in [1.82, 2.24) is 5.32 Å². The lowest BCUT2D eigenvalue weighted by atomic mass is 10.1. The molecule has 0 heterocycles. The molecule has 1 rings (SSSR count).